The Morgan fingerprint density at radius 2 is 0.594 bits per heavy atom. The van der Waals surface area contributed by atoms with Crippen molar-refractivity contribution in [3.63, 3.8) is 0 Å². The summed E-state index contributed by atoms with van der Waals surface area (Å²) < 4.78 is 33.3. The summed E-state index contributed by atoms with van der Waals surface area (Å²) >= 11 is 16.2. The van der Waals surface area contributed by atoms with Crippen molar-refractivity contribution in [3.8, 4) is 0 Å². The molecule has 0 radical (unpaired) electrons. The minimum Gasteiger partial charge on any atom is -0.374 e. The number of halogens is 3. The van der Waals surface area contributed by atoms with E-state index < -0.39 is 23.6 Å². The first-order valence-electron chi connectivity index (χ1n) is 10.9. The third-order valence-electron chi connectivity index (χ3n) is 3.45. The van der Waals surface area contributed by atoms with Gasteiger partial charge in [-0.05, 0) is 47.6 Å². The van der Waals surface area contributed by atoms with E-state index in [-0.39, 0.29) is 26.3 Å². The zero-order valence-electron chi connectivity index (χ0n) is 22.4. The number of rotatable bonds is 15. The van der Waals surface area contributed by atoms with Gasteiger partial charge in [-0.3, -0.25) is 0 Å². The molecule has 0 atom stereocenters. The van der Waals surface area contributed by atoms with Gasteiger partial charge in [-0.2, -0.15) is 0 Å². The van der Waals surface area contributed by atoms with Crippen LogP contribution in [0.5, 0.6) is 0 Å². The molecule has 13 heteroatoms. The third kappa shape index (κ3) is 25.0. The van der Waals surface area contributed by atoms with Crippen molar-refractivity contribution >= 4 is 56.8 Å². The van der Waals surface area contributed by atoms with Crippen molar-refractivity contribution in [2.24, 2.45) is 0 Å². The minimum atomic E-state index is -2.27. The van der Waals surface area contributed by atoms with E-state index in [0.29, 0.717) is 45.7 Å². The quantitative estimate of drug-likeness (QED) is 0.167. The Balaban J connectivity index is -0.000000116. The summed E-state index contributed by atoms with van der Waals surface area (Å²) in [6, 6.07) is 0.191. The van der Waals surface area contributed by atoms with Crippen molar-refractivity contribution in [2.45, 2.75) is 80.4 Å². The van der Waals surface area contributed by atoms with E-state index in [9.17, 15) is 0 Å². The van der Waals surface area contributed by atoms with E-state index >= 15 is 0 Å². The molecule has 0 N–H and O–H groups in total. The summed E-state index contributed by atoms with van der Waals surface area (Å²) in [5, 5.41) is 0. The molecule has 0 bridgehead atoms. The van der Waals surface area contributed by atoms with Gasteiger partial charge in [0.1, 0.15) is 0 Å². The van der Waals surface area contributed by atoms with Gasteiger partial charge in [0.05, 0.1) is 0 Å². The van der Waals surface area contributed by atoms with Crippen molar-refractivity contribution < 1.29 is 45.4 Å². The fourth-order valence-electron chi connectivity index (χ4n) is 2.18. The average molecular weight is 570 g/mol. The van der Waals surface area contributed by atoms with E-state index in [1.165, 1.54) is 0 Å². The Morgan fingerprint density at radius 3 is 0.656 bits per heavy atom. The molecule has 0 rings (SSSR count). The van der Waals surface area contributed by atoms with Crippen LogP contribution < -0.4 is 18.9 Å². The van der Waals surface area contributed by atoms with Gasteiger partial charge in [0.25, 0.3) is 0 Å². The fourth-order valence-corrected chi connectivity index (χ4v) is 6.55. The first-order chi connectivity index (χ1) is 14.0. The smallest absolute Gasteiger partial charge is 0.374 e. The molecule has 0 aliphatic carbocycles. The SMILES string of the molecule is CCO[Si](CC)(OCC)OCC.CCO[Si](CC)(OCC)OCC.CC[Si](Cl)(Cl)Cl.[CH3-].[Li+]. The van der Waals surface area contributed by atoms with Crippen LogP contribution in [0.25, 0.3) is 0 Å². The topological polar surface area (TPSA) is 55.4 Å². The summed E-state index contributed by atoms with van der Waals surface area (Å²) in [5.41, 5.74) is 0. The molecule has 6 nitrogen and oxygen atoms in total. The van der Waals surface area contributed by atoms with Crippen molar-refractivity contribution in [3.05, 3.63) is 7.43 Å². The first-order valence-corrected chi connectivity index (χ1v) is 20.1. The van der Waals surface area contributed by atoms with Gasteiger partial charge in [-0.1, -0.05) is 20.8 Å². The maximum Gasteiger partial charge on any atom is 1.00 e. The second kappa shape index (κ2) is 27.5. The summed E-state index contributed by atoms with van der Waals surface area (Å²) in [7, 11) is -4.54. The maximum absolute atomic E-state index is 5.55. The third-order valence-corrected chi connectivity index (χ3v) is 12.8. The molecular weight excluding hydrogens is 522 g/mol. The molecule has 0 saturated carbocycles. The summed E-state index contributed by atoms with van der Waals surface area (Å²) in [4.78, 5) is 0. The monoisotopic (exact) mass is 568 g/mol. The standard InChI is InChI=1S/2C8H20O3Si.C2H5Cl3Si.CH3.Li/c2*1-5-9-12(8-4,10-6-2)11-7-3;1-2-6(3,4)5;;/h2*5-8H2,1-4H3;2H2,1H3;1H3;/q;;;-1;+1. The molecule has 194 valence electrons. The molecule has 0 aromatic rings. The van der Waals surface area contributed by atoms with Crippen LogP contribution in [-0.2, 0) is 26.6 Å². The zero-order chi connectivity index (χ0) is 24.1. The Bertz CT molecular complexity index is 314. The van der Waals surface area contributed by atoms with E-state index in [2.05, 4.69) is 0 Å². The Hall–Kier alpha value is 1.88. The molecule has 0 heterocycles. The molecule has 0 aromatic carbocycles. The van der Waals surface area contributed by atoms with Crippen molar-refractivity contribution in [1.82, 2.24) is 0 Å². The molecular formula is C19H48Cl3LiO6Si3. The van der Waals surface area contributed by atoms with Crippen LogP contribution in [-0.4, -0.2) is 63.3 Å². The van der Waals surface area contributed by atoms with Gasteiger partial charge in [-0.15, -0.1) is 33.2 Å². The van der Waals surface area contributed by atoms with Gasteiger partial charge in [0.15, 0.2) is 0 Å². The Labute approximate surface area is 228 Å². The molecule has 0 fully saturated rings. The molecule has 0 aliphatic rings. The number of hydrogen-bond donors (Lipinski definition) is 0. The van der Waals surface area contributed by atoms with E-state index in [1.54, 1.807) is 0 Å². The second-order valence-electron chi connectivity index (χ2n) is 5.64. The van der Waals surface area contributed by atoms with Gasteiger partial charge in [-0.25, -0.2) is 0 Å². The van der Waals surface area contributed by atoms with E-state index in [0.717, 1.165) is 12.1 Å². The molecule has 0 spiro atoms. The molecule has 0 aromatic heterocycles. The van der Waals surface area contributed by atoms with Crippen LogP contribution in [0.15, 0.2) is 0 Å². The summed E-state index contributed by atoms with van der Waals surface area (Å²) in [6.07, 6.45) is 0. The van der Waals surface area contributed by atoms with Crippen LogP contribution in [0.4, 0.5) is 0 Å². The molecule has 0 unspecified atom stereocenters. The normalized spacial score (nSPS) is 11.2. The van der Waals surface area contributed by atoms with Crippen LogP contribution in [0.3, 0.4) is 0 Å². The van der Waals surface area contributed by atoms with Gasteiger partial charge < -0.3 is 34.0 Å². The van der Waals surface area contributed by atoms with Crippen molar-refractivity contribution in [1.29, 1.82) is 0 Å². The maximum atomic E-state index is 5.55. The summed E-state index contributed by atoms with van der Waals surface area (Å²) in [6.45, 7) is 21.8. The van der Waals surface area contributed by atoms with E-state index in [1.807, 2.05) is 62.3 Å². The average Bonchev–Trinajstić information content (AvgIpc) is 2.69. The van der Waals surface area contributed by atoms with Gasteiger partial charge >= 0.3 is 42.5 Å². The molecule has 0 saturated heterocycles. The molecule has 0 amide bonds. The van der Waals surface area contributed by atoms with Crippen LogP contribution in [0.1, 0.15) is 62.3 Å². The second-order valence-corrected chi connectivity index (χ2v) is 21.0. The van der Waals surface area contributed by atoms with Crippen LogP contribution in [0, 0.1) is 7.43 Å². The number of hydrogen-bond acceptors (Lipinski definition) is 6. The van der Waals surface area contributed by atoms with Crippen molar-refractivity contribution in [2.75, 3.05) is 39.6 Å². The molecule has 0 aliphatic heterocycles. The van der Waals surface area contributed by atoms with Gasteiger partial charge in [0.2, 0.25) is 0 Å². The zero-order valence-corrected chi connectivity index (χ0v) is 27.7. The fraction of sp³-hybridized carbons (Fsp3) is 0.947. The van der Waals surface area contributed by atoms with Crippen LogP contribution in [0.2, 0.25) is 18.1 Å². The first kappa shape index (κ1) is 43.9. The summed E-state index contributed by atoms with van der Waals surface area (Å²) in [5.74, 6) is 0. The van der Waals surface area contributed by atoms with E-state index in [4.69, 9.17) is 59.8 Å². The van der Waals surface area contributed by atoms with Gasteiger partial charge in [0, 0.05) is 51.7 Å². The predicted octanol–water partition coefficient (Wildman–Crippen LogP) is 4.23. The largest absolute Gasteiger partial charge is 1.00 e. The minimum absolute atomic E-state index is 0. The molecule has 32 heavy (non-hydrogen) atoms. The van der Waals surface area contributed by atoms with Crippen LogP contribution >= 0.6 is 33.2 Å². The Morgan fingerprint density at radius 1 is 0.438 bits per heavy atom. The predicted molar refractivity (Wildman–Crippen MR) is 142 cm³/mol. The Kier molecular flexibility index (Phi) is 37.7.